The number of benzene rings is 1. The number of carbonyl (C=O) groups excluding carboxylic acids is 2. The first-order valence-corrected chi connectivity index (χ1v) is 9.19. The van der Waals surface area contributed by atoms with Gasteiger partial charge in [0.2, 0.25) is 5.91 Å². The molecule has 1 aliphatic carbocycles. The largest absolute Gasteiger partial charge is 0.342 e. The molecule has 1 aromatic carbocycles. The van der Waals surface area contributed by atoms with Crippen molar-refractivity contribution < 1.29 is 9.59 Å². The van der Waals surface area contributed by atoms with E-state index in [0.717, 1.165) is 49.2 Å². The first kappa shape index (κ1) is 17.1. The molecule has 1 fully saturated rings. The highest BCUT2D eigenvalue weighted by atomic mass is 32.2. The third-order valence-electron chi connectivity index (χ3n) is 3.79. The van der Waals surface area contributed by atoms with E-state index in [1.807, 2.05) is 29.2 Å². The van der Waals surface area contributed by atoms with E-state index in [2.05, 4.69) is 13.8 Å². The number of ketones is 1. The van der Waals surface area contributed by atoms with Gasteiger partial charge in [0.1, 0.15) is 0 Å². The predicted molar refractivity (Wildman–Crippen MR) is 91.4 cm³/mol. The molecule has 0 N–H and O–H groups in total. The van der Waals surface area contributed by atoms with Crippen molar-refractivity contribution in [3.05, 3.63) is 29.8 Å². The minimum atomic E-state index is 0.201. The lowest BCUT2D eigenvalue weighted by Crippen LogP contribution is -2.33. The van der Waals surface area contributed by atoms with Crippen LogP contribution in [0.3, 0.4) is 0 Å². The van der Waals surface area contributed by atoms with E-state index in [-0.39, 0.29) is 17.6 Å². The maximum absolute atomic E-state index is 12.2. The van der Waals surface area contributed by atoms with E-state index in [4.69, 9.17) is 0 Å². The molecule has 1 aromatic rings. The van der Waals surface area contributed by atoms with Crippen molar-refractivity contribution >= 4 is 23.5 Å². The lowest BCUT2D eigenvalue weighted by atomic mass is 10.1. The molecule has 1 aliphatic rings. The maximum Gasteiger partial charge on any atom is 0.232 e. The molecule has 3 nitrogen and oxygen atoms in total. The molecule has 1 saturated carbocycles. The van der Waals surface area contributed by atoms with Crippen LogP contribution in [0.25, 0.3) is 0 Å². The molecule has 0 atom stereocenters. The van der Waals surface area contributed by atoms with E-state index in [0.29, 0.717) is 5.75 Å². The second-order valence-corrected chi connectivity index (χ2v) is 6.88. The summed E-state index contributed by atoms with van der Waals surface area (Å²) < 4.78 is 0. The Morgan fingerprint density at radius 3 is 2.18 bits per heavy atom. The topological polar surface area (TPSA) is 37.4 Å². The fourth-order valence-corrected chi connectivity index (χ4v) is 3.24. The van der Waals surface area contributed by atoms with Gasteiger partial charge in [-0.25, -0.2) is 0 Å². The molecule has 0 saturated heterocycles. The summed E-state index contributed by atoms with van der Waals surface area (Å²) in [4.78, 5) is 27.2. The third-order valence-corrected chi connectivity index (χ3v) is 4.79. The summed E-state index contributed by atoms with van der Waals surface area (Å²) in [5, 5.41) is 0. The molecule has 4 heteroatoms. The van der Waals surface area contributed by atoms with Gasteiger partial charge in [0, 0.05) is 29.5 Å². The Labute approximate surface area is 137 Å². The van der Waals surface area contributed by atoms with E-state index in [1.165, 1.54) is 0 Å². The number of rotatable bonds is 9. The van der Waals surface area contributed by atoms with Crippen LogP contribution >= 0.6 is 11.8 Å². The maximum atomic E-state index is 12.2. The molecule has 22 heavy (non-hydrogen) atoms. The van der Waals surface area contributed by atoms with Gasteiger partial charge in [0.15, 0.2) is 5.78 Å². The Balaban J connectivity index is 1.85. The van der Waals surface area contributed by atoms with Crippen molar-refractivity contribution in [3.8, 4) is 0 Å². The van der Waals surface area contributed by atoms with Crippen molar-refractivity contribution in [1.29, 1.82) is 0 Å². The zero-order chi connectivity index (χ0) is 15.9. The van der Waals surface area contributed by atoms with Gasteiger partial charge >= 0.3 is 0 Å². The van der Waals surface area contributed by atoms with Crippen LogP contribution in [0.1, 0.15) is 49.9 Å². The number of Topliss-reactive ketones (excluding diaryl/α,β-unsaturated/α-hetero) is 1. The smallest absolute Gasteiger partial charge is 0.232 e. The molecule has 2 rings (SSSR count). The van der Waals surface area contributed by atoms with Gasteiger partial charge in [-0.2, -0.15) is 0 Å². The zero-order valence-corrected chi connectivity index (χ0v) is 14.3. The minimum absolute atomic E-state index is 0.201. The zero-order valence-electron chi connectivity index (χ0n) is 13.5. The molecule has 0 aliphatic heterocycles. The van der Waals surface area contributed by atoms with Crippen LogP contribution in [0.5, 0.6) is 0 Å². The second kappa shape index (κ2) is 8.37. The summed E-state index contributed by atoms with van der Waals surface area (Å²) in [7, 11) is 0. The van der Waals surface area contributed by atoms with Gasteiger partial charge in [0.25, 0.3) is 0 Å². The van der Waals surface area contributed by atoms with Crippen LogP contribution in [-0.2, 0) is 4.79 Å². The van der Waals surface area contributed by atoms with Crippen molar-refractivity contribution in [2.24, 2.45) is 5.92 Å². The summed E-state index contributed by atoms with van der Waals surface area (Å²) >= 11 is 1.55. The molecular weight excluding hydrogens is 294 g/mol. The van der Waals surface area contributed by atoms with Crippen LogP contribution in [0, 0.1) is 5.92 Å². The fourth-order valence-electron chi connectivity index (χ4n) is 2.43. The number of hydrogen-bond acceptors (Lipinski definition) is 3. The van der Waals surface area contributed by atoms with Crippen LogP contribution in [0.4, 0.5) is 0 Å². The SMILES string of the molecule is CCCN(CCC)C(=O)CSc1ccc(C(=O)C2CC2)cc1. The molecule has 0 spiro atoms. The number of nitrogens with zero attached hydrogens (tertiary/aromatic N) is 1. The minimum Gasteiger partial charge on any atom is -0.342 e. The van der Waals surface area contributed by atoms with Crippen LogP contribution in [-0.4, -0.2) is 35.4 Å². The van der Waals surface area contributed by atoms with Gasteiger partial charge in [0.05, 0.1) is 5.75 Å². The van der Waals surface area contributed by atoms with Gasteiger partial charge in [-0.05, 0) is 37.8 Å². The summed E-state index contributed by atoms with van der Waals surface area (Å²) in [6.07, 6.45) is 4.06. The molecule has 0 radical (unpaired) electrons. The summed E-state index contributed by atoms with van der Waals surface area (Å²) in [5.74, 6) is 1.20. The first-order chi connectivity index (χ1) is 10.7. The van der Waals surface area contributed by atoms with E-state index in [1.54, 1.807) is 11.8 Å². The monoisotopic (exact) mass is 319 g/mol. The summed E-state index contributed by atoms with van der Waals surface area (Å²) in [5.41, 5.74) is 0.803. The Morgan fingerprint density at radius 2 is 1.68 bits per heavy atom. The number of carbonyl (C=O) groups is 2. The van der Waals surface area contributed by atoms with Crippen molar-refractivity contribution in [2.75, 3.05) is 18.8 Å². The quantitative estimate of drug-likeness (QED) is 0.509. The predicted octanol–water partition coefficient (Wildman–Crippen LogP) is 4.02. The molecular formula is C18H25NO2S. The Kier molecular flexibility index (Phi) is 6.49. The average Bonchev–Trinajstić information content (AvgIpc) is 3.37. The lowest BCUT2D eigenvalue weighted by Gasteiger charge is -2.21. The van der Waals surface area contributed by atoms with Gasteiger partial charge < -0.3 is 4.90 Å². The van der Waals surface area contributed by atoms with E-state index < -0.39 is 0 Å². The molecule has 0 unspecified atom stereocenters. The molecule has 0 aromatic heterocycles. The molecule has 1 amide bonds. The molecule has 120 valence electrons. The van der Waals surface area contributed by atoms with E-state index in [9.17, 15) is 9.59 Å². The second-order valence-electron chi connectivity index (χ2n) is 5.83. The fraction of sp³-hybridized carbons (Fsp3) is 0.556. The highest BCUT2D eigenvalue weighted by molar-refractivity contribution is 8.00. The Hall–Kier alpha value is -1.29. The van der Waals surface area contributed by atoms with Gasteiger partial charge in [-0.1, -0.05) is 26.0 Å². The van der Waals surface area contributed by atoms with E-state index >= 15 is 0 Å². The summed E-state index contributed by atoms with van der Waals surface area (Å²) in [6.45, 7) is 5.86. The van der Waals surface area contributed by atoms with Crippen LogP contribution in [0.15, 0.2) is 29.2 Å². The van der Waals surface area contributed by atoms with Crippen LogP contribution in [0.2, 0.25) is 0 Å². The summed E-state index contributed by atoms with van der Waals surface area (Å²) in [6, 6.07) is 7.70. The van der Waals surface area contributed by atoms with Crippen molar-refractivity contribution in [2.45, 2.75) is 44.4 Å². The normalized spacial score (nSPS) is 13.9. The number of hydrogen-bond donors (Lipinski definition) is 0. The van der Waals surface area contributed by atoms with Crippen molar-refractivity contribution in [3.63, 3.8) is 0 Å². The highest BCUT2D eigenvalue weighted by Gasteiger charge is 2.30. The third kappa shape index (κ3) is 4.87. The lowest BCUT2D eigenvalue weighted by molar-refractivity contribution is -0.128. The van der Waals surface area contributed by atoms with Gasteiger partial charge in [-0.3, -0.25) is 9.59 Å². The van der Waals surface area contributed by atoms with Crippen molar-refractivity contribution in [1.82, 2.24) is 4.90 Å². The highest BCUT2D eigenvalue weighted by Crippen LogP contribution is 2.33. The number of thioether (sulfide) groups is 1. The first-order valence-electron chi connectivity index (χ1n) is 8.20. The Morgan fingerprint density at radius 1 is 1.09 bits per heavy atom. The number of amides is 1. The Bertz CT molecular complexity index is 502. The molecule has 0 bridgehead atoms. The molecule has 0 heterocycles. The van der Waals surface area contributed by atoms with Crippen LogP contribution < -0.4 is 0 Å². The van der Waals surface area contributed by atoms with Gasteiger partial charge in [-0.15, -0.1) is 11.8 Å². The average molecular weight is 319 g/mol. The standard InChI is InChI=1S/C18H25NO2S/c1-3-11-19(12-4-2)17(20)13-22-16-9-7-15(8-10-16)18(21)14-5-6-14/h7-10,14H,3-6,11-13H2,1-2H3.